The first-order chi connectivity index (χ1) is 9.26. The highest BCUT2D eigenvalue weighted by Crippen LogP contribution is 2.44. The van der Waals surface area contributed by atoms with E-state index in [2.05, 4.69) is 26.6 Å². The maximum atomic E-state index is 13.2. The number of anilines is 1. The minimum atomic E-state index is -4.61. The van der Waals surface area contributed by atoms with E-state index < -0.39 is 24.0 Å². The van der Waals surface area contributed by atoms with Crippen molar-refractivity contribution in [2.24, 2.45) is 5.41 Å². The quantitative estimate of drug-likeness (QED) is 0.834. The Hall–Kier alpha value is -0.790. The summed E-state index contributed by atoms with van der Waals surface area (Å²) in [5, 5.41) is 5.05. The largest absolute Gasteiger partial charge is 0.404 e. The Bertz CT molecular complexity index is 530. The molecule has 3 nitrogen and oxygen atoms in total. The van der Waals surface area contributed by atoms with Gasteiger partial charge in [0.25, 0.3) is 0 Å². The molecule has 1 unspecified atom stereocenters. The Balaban J connectivity index is 2.28. The van der Waals surface area contributed by atoms with Gasteiger partial charge in [0.15, 0.2) is 5.41 Å². The van der Waals surface area contributed by atoms with E-state index in [0.717, 1.165) is 0 Å². The first kappa shape index (κ1) is 15.6. The molecule has 0 radical (unpaired) electrons. The lowest BCUT2D eigenvalue weighted by Gasteiger charge is -2.29. The van der Waals surface area contributed by atoms with Crippen LogP contribution in [0, 0.1) is 5.41 Å². The van der Waals surface area contributed by atoms with Gasteiger partial charge in [-0.2, -0.15) is 13.2 Å². The third-order valence-electron chi connectivity index (χ3n) is 3.31. The Kier molecular flexibility index (Phi) is 4.32. The van der Waals surface area contributed by atoms with Crippen LogP contribution in [-0.2, 0) is 4.79 Å². The highest BCUT2D eigenvalue weighted by atomic mass is 79.9. The Labute approximate surface area is 127 Å². The van der Waals surface area contributed by atoms with Gasteiger partial charge in [-0.3, -0.25) is 4.79 Å². The van der Waals surface area contributed by atoms with Crippen molar-refractivity contribution in [2.75, 3.05) is 18.4 Å². The van der Waals surface area contributed by atoms with Gasteiger partial charge in [0.2, 0.25) is 5.91 Å². The van der Waals surface area contributed by atoms with E-state index in [-0.39, 0.29) is 23.7 Å². The van der Waals surface area contributed by atoms with Crippen molar-refractivity contribution in [3.63, 3.8) is 0 Å². The predicted molar refractivity (Wildman–Crippen MR) is 73.8 cm³/mol. The third-order valence-corrected chi connectivity index (χ3v) is 4.13. The van der Waals surface area contributed by atoms with Gasteiger partial charge in [-0.15, -0.1) is 0 Å². The summed E-state index contributed by atoms with van der Waals surface area (Å²) in [6, 6.07) is 4.59. The predicted octanol–water partition coefficient (Wildman–Crippen LogP) is 3.58. The standard InChI is InChI=1S/C12H11BrClF3N2O/c13-7-1-2-8(14)9(5-7)19-10(20)11(12(15,16)17)3-4-18-6-11/h1-2,5,18H,3-4,6H2,(H,19,20). The van der Waals surface area contributed by atoms with Crippen LogP contribution < -0.4 is 10.6 Å². The van der Waals surface area contributed by atoms with Gasteiger partial charge in [-0.25, -0.2) is 0 Å². The monoisotopic (exact) mass is 370 g/mol. The molecular formula is C12H11BrClF3N2O. The van der Waals surface area contributed by atoms with E-state index in [1.165, 1.54) is 12.1 Å². The van der Waals surface area contributed by atoms with Crippen LogP contribution in [0.3, 0.4) is 0 Å². The van der Waals surface area contributed by atoms with E-state index >= 15 is 0 Å². The Morgan fingerprint density at radius 3 is 2.70 bits per heavy atom. The molecule has 1 aromatic carbocycles. The number of hydrogen-bond donors (Lipinski definition) is 2. The van der Waals surface area contributed by atoms with Crippen LogP contribution in [0.15, 0.2) is 22.7 Å². The molecule has 0 saturated carbocycles. The lowest BCUT2D eigenvalue weighted by Crippen LogP contribution is -2.49. The number of alkyl halides is 3. The van der Waals surface area contributed by atoms with Crippen molar-refractivity contribution >= 4 is 39.1 Å². The van der Waals surface area contributed by atoms with Crippen LogP contribution in [0.4, 0.5) is 18.9 Å². The van der Waals surface area contributed by atoms with Gasteiger partial charge >= 0.3 is 6.18 Å². The Morgan fingerprint density at radius 1 is 1.45 bits per heavy atom. The van der Waals surface area contributed by atoms with Crippen molar-refractivity contribution in [1.29, 1.82) is 0 Å². The van der Waals surface area contributed by atoms with Crippen LogP contribution in [0.1, 0.15) is 6.42 Å². The minimum absolute atomic E-state index is 0.152. The number of hydrogen-bond acceptors (Lipinski definition) is 2. The average molecular weight is 372 g/mol. The summed E-state index contributed by atoms with van der Waals surface area (Å²) in [5.41, 5.74) is -2.25. The molecular weight excluding hydrogens is 360 g/mol. The number of halogens is 5. The number of rotatable bonds is 2. The molecule has 1 aliphatic heterocycles. The lowest BCUT2D eigenvalue weighted by molar-refractivity contribution is -0.213. The molecule has 2 N–H and O–H groups in total. The first-order valence-electron chi connectivity index (χ1n) is 5.80. The molecule has 2 rings (SSSR count). The Morgan fingerprint density at radius 2 is 2.15 bits per heavy atom. The molecule has 0 bridgehead atoms. The molecule has 0 aromatic heterocycles. The van der Waals surface area contributed by atoms with Crippen LogP contribution in [0.25, 0.3) is 0 Å². The van der Waals surface area contributed by atoms with Gasteiger partial charge < -0.3 is 10.6 Å². The summed E-state index contributed by atoms with van der Waals surface area (Å²) in [4.78, 5) is 12.1. The van der Waals surface area contributed by atoms with E-state index in [1.54, 1.807) is 6.07 Å². The van der Waals surface area contributed by atoms with Crippen molar-refractivity contribution in [1.82, 2.24) is 5.32 Å². The van der Waals surface area contributed by atoms with E-state index in [4.69, 9.17) is 11.6 Å². The molecule has 8 heteroatoms. The van der Waals surface area contributed by atoms with Crippen LogP contribution in [0.5, 0.6) is 0 Å². The number of carbonyl (C=O) groups excluding carboxylic acids is 1. The number of amides is 1. The molecule has 1 saturated heterocycles. The van der Waals surface area contributed by atoms with Crippen LogP contribution in [0.2, 0.25) is 5.02 Å². The van der Waals surface area contributed by atoms with Crippen molar-refractivity contribution < 1.29 is 18.0 Å². The average Bonchev–Trinajstić information content (AvgIpc) is 2.83. The number of benzene rings is 1. The molecule has 1 atom stereocenters. The molecule has 1 aliphatic rings. The highest BCUT2D eigenvalue weighted by Gasteiger charge is 2.61. The lowest BCUT2D eigenvalue weighted by atomic mass is 9.85. The maximum Gasteiger partial charge on any atom is 0.404 e. The summed E-state index contributed by atoms with van der Waals surface area (Å²) in [5.74, 6) is -1.09. The van der Waals surface area contributed by atoms with Gasteiger partial charge in [0.05, 0.1) is 10.7 Å². The fraction of sp³-hybridized carbons (Fsp3) is 0.417. The van der Waals surface area contributed by atoms with Gasteiger partial charge in [0.1, 0.15) is 0 Å². The van der Waals surface area contributed by atoms with Crippen LogP contribution in [-0.4, -0.2) is 25.2 Å². The fourth-order valence-corrected chi connectivity index (χ4v) is 2.62. The smallest absolute Gasteiger partial charge is 0.324 e. The van der Waals surface area contributed by atoms with Gasteiger partial charge in [-0.05, 0) is 31.2 Å². The minimum Gasteiger partial charge on any atom is -0.324 e. The molecule has 20 heavy (non-hydrogen) atoms. The number of carbonyl (C=O) groups is 1. The zero-order valence-corrected chi connectivity index (χ0v) is 12.5. The first-order valence-corrected chi connectivity index (χ1v) is 6.97. The maximum absolute atomic E-state index is 13.2. The highest BCUT2D eigenvalue weighted by molar-refractivity contribution is 9.10. The molecule has 1 amide bonds. The van der Waals surface area contributed by atoms with Crippen LogP contribution >= 0.6 is 27.5 Å². The van der Waals surface area contributed by atoms with E-state index in [1.807, 2.05) is 0 Å². The summed E-state index contributed by atoms with van der Waals surface area (Å²) in [7, 11) is 0. The number of nitrogens with one attached hydrogen (secondary N) is 2. The summed E-state index contributed by atoms with van der Waals surface area (Å²) < 4.78 is 40.2. The molecule has 0 spiro atoms. The summed E-state index contributed by atoms with van der Waals surface area (Å²) in [6.45, 7) is -0.271. The SMILES string of the molecule is O=C(Nc1cc(Br)ccc1Cl)C1(C(F)(F)F)CCNC1. The summed E-state index contributed by atoms with van der Waals surface area (Å²) in [6.07, 6.45) is -4.90. The molecule has 1 heterocycles. The molecule has 110 valence electrons. The second-order valence-corrected chi connectivity index (χ2v) is 5.91. The van der Waals surface area contributed by atoms with Crippen molar-refractivity contribution in [2.45, 2.75) is 12.6 Å². The van der Waals surface area contributed by atoms with Gasteiger partial charge in [0, 0.05) is 11.0 Å². The topological polar surface area (TPSA) is 41.1 Å². The zero-order chi connectivity index (χ0) is 15.0. The molecule has 0 aliphatic carbocycles. The third kappa shape index (κ3) is 2.80. The van der Waals surface area contributed by atoms with E-state index in [9.17, 15) is 18.0 Å². The zero-order valence-electron chi connectivity index (χ0n) is 10.2. The van der Waals surface area contributed by atoms with E-state index in [0.29, 0.717) is 4.47 Å². The fourth-order valence-electron chi connectivity index (χ4n) is 2.09. The molecule has 1 aromatic rings. The van der Waals surface area contributed by atoms with Crippen molar-refractivity contribution in [3.05, 3.63) is 27.7 Å². The second kappa shape index (κ2) is 5.54. The molecule has 1 fully saturated rings. The van der Waals surface area contributed by atoms with Gasteiger partial charge in [-0.1, -0.05) is 27.5 Å². The van der Waals surface area contributed by atoms with Crippen molar-refractivity contribution in [3.8, 4) is 0 Å². The normalized spacial score (nSPS) is 22.9. The summed E-state index contributed by atoms with van der Waals surface area (Å²) >= 11 is 9.05. The second-order valence-electron chi connectivity index (χ2n) is 4.58.